The number of amides is 1. The first kappa shape index (κ1) is 16.9. The molecule has 1 N–H and O–H groups in total. The van der Waals surface area contributed by atoms with Crippen LogP contribution in [0.5, 0.6) is 5.75 Å². The Labute approximate surface area is 146 Å². The summed E-state index contributed by atoms with van der Waals surface area (Å²) in [7, 11) is 1.56. The molecule has 6 heteroatoms. The molecule has 0 spiro atoms. The molecule has 3 rings (SSSR count). The number of benzene rings is 1. The molecule has 1 fully saturated rings. The van der Waals surface area contributed by atoms with Gasteiger partial charge in [-0.1, -0.05) is 19.1 Å². The van der Waals surface area contributed by atoms with Crippen molar-refractivity contribution >= 4 is 22.4 Å². The Morgan fingerprint density at radius 1 is 1.38 bits per heavy atom. The number of piperidine rings is 1. The number of likely N-dealkylation sites (tertiary alicyclic amines) is 1. The van der Waals surface area contributed by atoms with Crippen LogP contribution in [0.4, 0.5) is 5.13 Å². The van der Waals surface area contributed by atoms with Gasteiger partial charge >= 0.3 is 0 Å². The zero-order valence-electron chi connectivity index (χ0n) is 14.1. The lowest BCUT2D eigenvalue weighted by Gasteiger charge is -2.29. The van der Waals surface area contributed by atoms with Gasteiger partial charge in [-0.05, 0) is 44.0 Å². The summed E-state index contributed by atoms with van der Waals surface area (Å²) < 4.78 is 5.23. The number of nitrogens with zero attached hydrogens (tertiary/aromatic N) is 2. The van der Waals surface area contributed by atoms with Gasteiger partial charge in [-0.3, -0.25) is 15.0 Å². The van der Waals surface area contributed by atoms with Gasteiger partial charge in [0.05, 0.1) is 18.4 Å². The molecule has 1 aliphatic heterocycles. The fourth-order valence-corrected chi connectivity index (χ4v) is 3.58. The average Bonchev–Trinajstić information content (AvgIpc) is 3.03. The van der Waals surface area contributed by atoms with Gasteiger partial charge in [0.15, 0.2) is 5.13 Å². The number of hydrogen-bond acceptors (Lipinski definition) is 5. The number of methoxy groups -OCH3 is 1. The summed E-state index contributed by atoms with van der Waals surface area (Å²) in [6.07, 6.45) is 2.50. The highest BCUT2D eigenvalue weighted by atomic mass is 32.1. The highest BCUT2D eigenvalue weighted by Crippen LogP contribution is 2.23. The van der Waals surface area contributed by atoms with E-state index in [1.54, 1.807) is 19.2 Å². The van der Waals surface area contributed by atoms with Crippen LogP contribution in [0.1, 0.15) is 35.8 Å². The van der Waals surface area contributed by atoms with Crippen molar-refractivity contribution in [1.82, 2.24) is 9.88 Å². The molecular weight excluding hydrogens is 322 g/mol. The second-order valence-corrected chi connectivity index (χ2v) is 7.12. The Bertz CT molecular complexity index is 693. The zero-order valence-corrected chi connectivity index (χ0v) is 14.9. The van der Waals surface area contributed by atoms with Crippen LogP contribution < -0.4 is 10.1 Å². The van der Waals surface area contributed by atoms with Crippen LogP contribution in [0.25, 0.3) is 0 Å². The van der Waals surface area contributed by atoms with Crippen LogP contribution in [0, 0.1) is 5.92 Å². The highest BCUT2D eigenvalue weighted by Gasteiger charge is 2.18. The van der Waals surface area contributed by atoms with E-state index in [0.717, 1.165) is 31.2 Å². The Hall–Kier alpha value is -1.92. The van der Waals surface area contributed by atoms with Gasteiger partial charge < -0.3 is 4.74 Å². The number of para-hydroxylation sites is 1. The number of anilines is 1. The van der Waals surface area contributed by atoms with Gasteiger partial charge in [0.1, 0.15) is 5.75 Å². The van der Waals surface area contributed by atoms with Gasteiger partial charge in [0.2, 0.25) is 0 Å². The minimum absolute atomic E-state index is 0.194. The smallest absolute Gasteiger partial charge is 0.261 e. The van der Waals surface area contributed by atoms with Crippen molar-refractivity contribution in [2.45, 2.75) is 26.3 Å². The first-order valence-corrected chi connectivity index (χ1v) is 9.15. The summed E-state index contributed by atoms with van der Waals surface area (Å²) in [5.41, 5.74) is 1.53. The van der Waals surface area contributed by atoms with Crippen molar-refractivity contribution < 1.29 is 9.53 Å². The summed E-state index contributed by atoms with van der Waals surface area (Å²) in [5, 5.41) is 5.52. The predicted octanol–water partition coefficient (Wildman–Crippen LogP) is 3.64. The van der Waals surface area contributed by atoms with Gasteiger partial charge in [-0.15, -0.1) is 11.3 Å². The van der Waals surface area contributed by atoms with E-state index in [2.05, 4.69) is 22.1 Å². The van der Waals surface area contributed by atoms with Gasteiger partial charge in [-0.25, -0.2) is 4.98 Å². The molecule has 1 aliphatic rings. The second kappa shape index (κ2) is 7.77. The molecule has 2 aromatic rings. The third-order valence-corrected chi connectivity index (χ3v) is 5.19. The molecule has 0 bridgehead atoms. The van der Waals surface area contributed by atoms with Crippen molar-refractivity contribution in [3.05, 3.63) is 40.9 Å². The zero-order chi connectivity index (χ0) is 16.9. The fraction of sp³-hybridized carbons (Fsp3) is 0.444. The number of aromatic nitrogens is 1. The lowest BCUT2D eigenvalue weighted by molar-refractivity contribution is 0.102. The van der Waals surface area contributed by atoms with Crippen molar-refractivity contribution in [3.8, 4) is 5.75 Å². The average molecular weight is 345 g/mol. The molecule has 1 aromatic carbocycles. The Morgan fingerprint density at radius 3 is 2.88 bits per heavy atom. The fourth-order valence-electron chi connectivity index (χ4n) is 2.88. The van der Waals surface area contributed by atoms with Gasteiger partial charge in [0, 0.05) is 11.9 Å². The summed E-state index contributed by atoms with van der Waals surface area (Å²) in [6.45, 7) is 5.42. The lowest BCUT2D eigenvalue weighted by atomic mass is 9.99. The van der Waals surface area contributed by atoms with E-state index >= 15 is 0 Å². The molecule has 0 radical (unpaired) electrons. The number of ether oxygens (including phenoxy) is 1. The van der Waals surface area contributed by atoms with Crippen LogP contribution in [0.15, 0.2) is 29.6 Å². The van der Waals surface area contributed by atoms with E-state index < -0.39 is 0 Å². The minimum Gasteiger partial charge on any atom is -0.496 e. The van der Waals surface area contributed by atoms with E-state index in [-0.39, 0.29) is 5.91 Å². The third-order valence-electron chi connectivity index (χ3n) is 4.39. The first-order chi connectivity index (χ1) is 11.7. The van der Waals surface area contributed by atoms with Crippen molar-refractivity contribution in [3.63, 3.8) is 0 Å². The van der Waals surface area contributed by atoms with E-state index in [0.29, 0.717) is 16.4 Å². The molecule has 5 nitrogen and oxygen atoms in total. The lowest BCUT2D eigenvalue weighted by Crippen LogP contribution is -2.32. The van der Waals surface area contributed by atoms with Crippen molar-refractivity contribution in [2.24, 2.45) is 5.92 Å². The molecule has 1 aromatic heterocycles. The van der Waals surface area contributed by atoms with Crippen LogP contribution in [-0.2, 0) is 6.54 Å². The molecule has 24 heavy (non-hydrogen) atoms. The molecule has 128 valence electrons. The molecule has 1 amide bonds. The number of rotatable bonds is 5. The van der Waals surface area contributed by atoms with Crippen LogP contribution in [-0.4, -0.2) is 36.0 Å². The van der Waals surface area contributed by atoms with Crippen LogP contribution in [0.2, 0.25) is 0 Å². The molecule has 0 atom stereocenters. The number of carbonyl (C=O) groups is 1. The molecular formula is C18H23N3O2S. The number of thiazole rings is 1. The summed E-state index contributed by atoms with van der Waals surface area (Å²) in [5.74, 6) is 1.20. The number of carbonyl (C=O) groups excluding carboxylic acids is 1. The van der Waals surface area contributed by atoms with Gasteiger partial charge in [-0.2, -0.15) is 0 Å². The van der Waals surface area contributed by atoms with E-state index in [9.17, 15) is 4.79 Å². The molecule has 1 saturated heterocycles. The number of hydrogen-bond donors (Lipinski definition) is 1. The maximum atomic E-state index is 12.4. The summed E-state index contributed by atoms with van der Waals surface area (Å²) >= 11 is 1.46. The predicted molar refractivity (Wildman–Crippen MR) is 96.7 cm³/mol. The molecule has 0 saturated carbocycles. The van der Waals surface area contributed by atoms with E-state index in [1.165, 1.54) is 24.2 Å². The SMILES string of the molecule is COc1ccccc1C(=O)Nc1nc(CN2CCC(C)CC2)cs1. The van der Waals surface area contributed by atoms with E-state index in [1.807, 2.05) is 17.5 Å². The Balaban J connectivity index is 1.60. The number of nitrogens with one attached hydrogen (secondary N) is 1. The molecule has 0 aliphatic carbocycles. The van der Waals surface area contributed by atoms with Crippen molar-refractivity contribution in [1.29, 1.82) is 0 Å². The first-order valence-electron chi connectivity index (χ1n) is 8.27. The minimum atomic E-state index is -0.194. The van der Waals surface area contributed by atoms with Crippen LogP contribution >= 0.6 is 11.3 Å². The van der Waals surface area contributed by atoms with E-state index in [4.69, 9.17) is 4.74 Å². The summed E-state index contributed by atoms with van der Waals surface area (Å²) in [4.78, 5) is 19.4. The largest absolute Gasteiger partial charge is 0.496 e. The van der Waals surface area contributed by atoms with Crippen molar-refractivity contribution in [2.75, 3.05) is 25.5 Å². The standard InChI is InChI=1S/C18H23N3O2S/c1-13-7-9-21(10-8-13)11-14-12-24-18(19-14)20-17(22)15-5-3-4-6-16(15)23-2/h3-6,12-13H,7-11H2,1-2H3,(H,19,20,22). The topological polar surface area (TPSA) is 54.5 Å². The monoisotopic (exact) mass is 345 g/mol. The molecule has 2 heterocycles. The molecule has 0 unspecified atom stereocenters. The normalized spacial score (nSPS) is 16.1. The Kier molecular flexibility index (Phi) is 5.48. The quantitative estimate of drug-likeness (QED) is 0.899. The Morgan fingerprint density at radius 2 is 2.12 bits per heavy atom. The van der Waals surface area contributed by atoms with Crippen LogP contribution in [0.3, 0.4) is 0 Å². The third kappa shape index (κ3) is 4.13. The maximum absolute atomic E-state index is 12.4. The summed E-state index contributed by atoms with van der Waals surface area (Å²) in [6, 6.07) is 7.19. The maximum Gasteiger partial charge on any atom is 0.261 e. The highest BCUT2D eigenvalue weighted by molar-refractivity contribution is 7.14. The second-order valence-electron chi connectivity index (χ2n) is 6.26. The van der Waals surface area contributed by atoms with Gasteiger partial charge in [0.25, 0.3) is 5.91 Å².